The van der Waals surface area contributed by atoms with E-state index in [0.29, 0.717) is 16.8 Å². The van der Waals surface area contributed by atoms with Crippen molar-refractivity contribution in [3.8, 4) is 23.5 Å². The summed E-state index contributed by atoms with van der Waals surface area (Å²) in [6.07, 6.45) is 5.13. The lowest BCUT2D eigenvalue weighted by Crippen LogP contribution is -2.20. The molecule has 164 valence electrons. The summed E-state index contributed by atoms with van der Waals surface area (Å²) in [6, 6.07) is 21.7. The summed E-state index contributed by atoms with van der Waals surface area (Å²) < 4.78 is 4.90. The standard InChI is InChI=1S/C27H23N3O3/c1-4-15-33-27(32)25(30-28)22-12-8-11-21(16-22)23-17-20(18(2)3)13-14-24(23)29-26(31)19-9-6-5-7-10-19/h1,5-14,16-18H,15H2,2-3H3,(H,29,31). The molecule has 1 N–H and O–H groups in total. The minimum Gasteiger partial charge on any atom is -0.444 e. The summed E-state index contributed by atoms with van der Waals surface area (Å²) in [7, 11) is 0. The smallest absolute Gasteiger partial charge is 0.423 e. The van der Waals surface area contributed by atoms with Gasteiger partial charge in [-0.3, -0.25) is 4.79 Å². The minimum atomic E-state index is -0.832. The van der Waals surface area contributed by atoms with E-state index in [2.05, 4.69) is 29.9 Å². The largest absolute Gasteiger partial charge is 0.444 e. The molecule has 0 aliphatic rings. The van der Waals surface area contributed by atoms with Gasteiger partial charge >= 0.3 is 11.7 Å². The second-order valence-corrected chi connectivity index (χ2v) is 7.59. The van der Waals surface area contributed by atoms with Crippen molar-refractivity contribution in [2.45, 2.75) is 19.8 Å². The zero-order chi connectivity index (χ0) is 23.8. The van der Waals surface area contributed by atoms with Gasteiger partial charge in [-0.2, -0.15) is 4.79 Å². The molecule has 3 aromatic rings. The zero-order valence-electron chi connectivity index (χ0n) is 18.4. The maximum absolute atomic E-state index is 12.8. The van der Waals surface area contributed by atoms with Crippen molar-refractivity contribution in [1.82, 2.24) is 0 Å². The molecular formula is C27H23N3O3. The lowest BCUT2D eigenvalue weighted by molar-refractivity contribution is -0.138. The van der Waals surface area contributed by atoms with E-state index in [1.807, 2.05) is 30.3 Å². The fourth-order valence-corrected chi connectivity index (χ4v) is 3.28. The SMILES string of the molecule is C#CCOC(=O)C(=[N+]=[N-])c1cccc(-c2cc(C(C)C)ccc2NC(=O)c2ccccc2)c1. The Morgan fingerprint density at radius 3 is 2.42 bits per heavy atom. The average Bonchev–Trinajstić information content (AvgIpc) is 2.84. The number of carbonyl (C=O) groups excluding carboxylic acids is 2. The molecule has 3 aromatic carbocycles. The van der Waals surface area contributed by atoms with Gasteiger partial charge in [-0.1, -0.05) is 56.2 Å². The Kier molecular flexibility index (Phi) is 7.54. The second-order valence-electron chi connectivity index (χ2n) is 7.59. The van der Waals surface area contributed by atoms with Crippen LogP contribution in [-0.4, -0.2) is 29.0 Å². The summed E-state index contributed by atoms with van der Waals surface area (Å²) in [5.41, 5.74) is 13.2. The van der Waals surface area contributed by atoms with Crippen molar-refractivity contribution < 1.29 is 19.1 Å². The van der Waals surface area contributed by atoms with E-state index in [0.717, 1.165) is 16.7 Å². The fraction of sp³-hybridized carbons (Fsp3) is 0.148. The Hall–Kier alpha value is -4.46. The number of terminal acetylenes is 1. The van der Waals surface area contributed by atoms with Gasteiger partial charge < -0.3 is 15.6 Å². The first-order valence-corrected chi connectivity index (χ1v) is 10.4. The molecule has 0 aliphatic carbocycles. The van der Waals surface area contributed by atoms with Crippen LogP contribution in [0.3, 0.4) is 0 Å². The van der Waals surface area contributed by atoms with Crippen molar-refractivity contribution in [1.29, 1.82) is 0 Å². The predicted molar refractivity (Wildman–Crippen MR) is 128 cm³/mol. The van der Waals surface area contributed by atoms with E-state index in [9.17, 15) is 15.1 Å². The summed E-state index contributed by atoms with van der Waals surface area (Å²) in [4.78, 5) is 28.1. The van der Waals surface area contributed by atoms with Crippen molar-refractivity contribution >= 4 is 23.3 Å². The lowest BCUT2D eigenvalue weighted by atomic mass is 9.94. The number of anilines is 1. The molecule has 3 rings (SSSR count). The lowest BCUT2D eigenvalue weighted by Gasteiger charge is -2.15. The first-order valence-electron chi connectivity index (χ1n) is 10.4. The Morgan fingerprint density at radius 1 is 1.03 bits per heavy atom. The molecule has 0 bridgehead atoms. The topological polar surface area (TPSA) is 91.8 Å². The van der Waals surface area contributed by atoms with Crippen LogP contribution in [0.25, 0.3) is 16.7 Å². The normalized spacial score (nSPS) is 10.1. The van der Waals surface area contributed by atoms with Gasteiger partial charge in [-0.15, -0.1) is 6.42 Å². The fourth-order valence-electron chi connectivity index (χ4n) is 3.28. The molecule has 0 spiro atoms. The summed E-state index contributed by atoms with van der Waals surface area (Å²) >= 11 is 0. The van der Waals surface area contributed by atoms with Crippen LogP contribution in [0.5, 0.6) is 0 Å². The highest BCUT2D eigenvalue weighted by atomic mass is 16.5. The maximum Gasteiger partial charge on any atom is 0.423 e. The highest BCUT2D eigenvalue weighted by molar-refractivity contribution is 6.40. The Balaban J connectivity index is 2.04. The molecule has 0 saturated carbocycles. The van der Waals surface area contributed by atoms with Crippen molar-refractivity contribution in [2.24, 2.45) is 0 Å². The Morgan fingerprint density at radius 2 is 1.76 bits per heavy atom. The van der Waals surface area contributed by atoms with Crippen molar-refractivity contribution in [3.05, 3.63) is 95.0 Å². The monoisotopic (exact) mass is 437 g/mol. The third-order valence-corrected chi connectivity index (χ3v) is 5.02. The molecule has 0 saturated heterocycles. The van der Waals surface area contributed by atoms with E-state index in [-0.39, 0.29) is 24.1 Å². The van der Waals surface area contributed by atoms with Gasteiger partial charge in [0.05, 0.1) is 5.56 Å². The number of esters is 1. The Labute approximate surface area is 192 Å². The average molecular weight is 437 g/mol. The second kappa shape index (κ2) is 10.7. The van der Waals surface area contributed by atoms with E-state index in [4.69, 9.17) is 11.2 Å². The molecule has 0 heterocycles. The highest BCUT2D eigenvalue weighted by Gasteiger charge is 2.25. The Bertz CT molecular complexity index is 1270. The molecule has 0 radical (unpaired) electrons. The maximum atomic E-state index is 12.8. The van der Waals surface area contributed by atoms with Crippen LogP contribution in [-0.2, 0) is 9.53 Å². The quantitative estimate of drug-likeness (QED) is 0.187. The molecule has 6 nitrogen and oxygen atoms in total. The third-order valence-electron chi connectivity index (χ3n) is 5.02. The minimum absolute atomic E-state index is 0.232. The van der Waals surface area contributed by atoms with Crippen LogP contribution in [0.2, 0.25) is 0 Å². The number of hydrogen-bond acceptors (Lipinski definition) is 3. The van der Waals surface area contributed by atoms with E-state index in [1.165, 1.54) is 0 Å². The number of ether oxygens (including phenoxy) is 1. The number of rotatable bonds is 7. The summed E-state index contributed by atoms with van der Waals surface area (Å²) in [6.45, 7) is 3.93. The van der Waals surface area contributed by atoms with E-state index in [1.54, 1.807) is 42.5 Å². The number of benzene rings is 3. The first-order chi connectivity index (χ1) is 15.9. The molecule has 0 atom stereocenters. The molecule has 0 aliphatic heterocycles. The zero-order valence-corrected chi connectivity index (χ0v) is 18.4. The molecule has 1 amide bonds. The van der Waals surface area contributed by atoms with Gasteiger partial charge in [0.2, 0.25) is 0 Å². The van der Waals surface area contributed by atoms with E-state index < -0.39 is 5.97 Å². The molecule has 0 aromatic heterocycles. The molecular weight excluding hydrogens is 414 g/mol. The van der Waals surface area contributed by atoms with Crippen LogP contribution in [0.4, 0.5) is 5.69 Å². The number of hydrogen-bond donors (Lipinski definition) is 1. The molecule has 0 fully saturated rings. The van der Waals surface area contributed by atoms with Gasteiger partial charge in [0.1, 0.15) is 0 Å². The van der Waals surface area contributed by atoms with Gasteiger partial charge in [-0.05, 0) is 53.4 Å². The number of nitrogens with zero attached hydrogens (tertiary/aromatic N) is 2. The van der Waals surface area contributed by atoms with Gasteiger partial charge in [0.25, 0.3) is 5.91 Å². The van der Waals surface area contributed by atoms with Crippen LogP contribution in [0.1, 0.15) is 41.3 Å². The van der Waals surface area contributed by atoms with Gasteiger partial charge in [0.15, 0.2) is 6.61 Å². The number of amides is 1. The van der Waals surface area contributed by atoms with Crippen molar-refractivity contribution in [2.75, 3.05) is 11.9 Å². The van der Waals surface area contributed by atoms with E-state index >= 15 is 0 Å². The first kappa shape index (κ1) is 23.2. The number of nitrogens with one attached hydrogen (secondary N) is 1. The number of carbonyl (C=O) groups is 2. The molecule has 0 unspecified atom stereocenters. The van der Waals surface area contributed by atoms with Crippen LogP contribution >= 0.6 is 0 Å². The van der Waals surface area contributed by atoms with Gasteiger partial charge in [0, 0.05) is 16.8 Å². The van der Waals surface area contributed by atoms with Gasteiger partial charge in [-0.25, -0.2) is 4.79 Å². The molecule has 33 heavy (non-hydrogen) atoms. The molecule has 6 heteroatoms. The van der Waals surface area contributed by atoms with Crippen molar-refractivity contribution in [3.63, 3.8) is 0 Å². The highest BCUT2D eigenvalue weighted by Crippen LogP contribution is 2.32. The van der Waals surface area contributed by atoms with Crippen LogP contribution in [0.15, 0.2) is 72.8 Å². The summed E-state index contributed by atoms with van der Waals surface area (Å²) in [5.74, 6) is 1.40. The predicted octanol–water partition coefficient (Wildman–Crippen LogP) is 4.92. The van der Waals surface area contributed by atoms with Crippen LogP contribution in [0, 0.1) is 12.3 Å². The third kappa shape index (κ3) is 5.62. The van der Waals surface area contributed by atoms with Crippen LogP contribution < -0.4 is 5.32 Å². The summed E-state index contributed by atoms with van der Waals surface area (Å²) in [5, 5.41) is 2.97.